The van der Waals surface area contributed by atoms with E-state index in [-0.39, 0.29) is 31.5 Å². The Balaban J connectivity index is 1.92. The van der Waals surface area contributed by atoms with Gasteiger partial charge in [0.1, 0.15) is 30.7 Å². The van der Waals surface area contributed by atoms with Crippen LogP contribution >= 0.6 is 15.6 Å². The molecule has 1 aromatic rings. The van der Waals surface area contributed by atoms with Crippen molar-refractivity contribution >= 4 is 33.4 Å². The van der Waals surface area contributed by atoms with Gasteiger partial charge in [-0.2, -0.15) is 9.29 Å². The number of aliphatic hydroxyl groups is 5. The Kier molecular flexibility index (Phi) is 32.1. The normalized spacial score (nSPS) is 21.1. The summed E-state index contributed by atoms with van der Waals surface area (Å²) in [5, 5.41) is 51.6. The number of nitrogen functional groups attached to an aromatic ring is 1. The number of hydrogen-bond acceptors (Lipinski definition) is 18. The molecule has 2 rings (SSSR count). The minimum Gasteiger partial charge on any atom is -0.462 e. The number of allylic oxidation sites excluding steroid dienone is 9. The van der Waals surface area contributed by atoms with Gasteiger partial charge in [0.05, 0.1) is 31.5 Å². The Labute approximate surface area is 416 Å². The fourth-order valence-electron chi connectivity index (χ4n) is 6.71. The Morgan fingerprint density at radius 1 is 0.789 bits per heavy atom. The van der Waals surface area contributed by atoms with Crippen LogP contribution in [0, 0.1) is 0 Å². The minimum atomic E-state index is -5.52. The molecular formula is C48H77N3O18P2. The third-order valence-corrected chi connectivity index (χ3v) is 13.2. The molecule has 9 N–H and O–H groups in total. The van der Waals surface area contributed by atoms with Gasteiger partial charge in [-0.05, 0) is 63.9 Å². The number of unbranched alkanes of at least 4 members (excludes halogenated alkanes) is 9. The summed E-state index contributed by atoms with van der Waals surface area (Å²) >= 11 is 0. The zero-order chi connectivity index (χ0) is 52.5. The van der Waals surface area contributed by atoms with Gasteiger partial charge in [0.15, 0.2) is 12.3 Å². The second-order valence-corrected chi connectivity index (χ2v) is 19.8. The van der Waals surface area contributed by atoms with Crippen molar-refractivity contribution < 1.29 is 81.6 Å². The standard InChI is InChI=1S/C48H77N3O18P2/c1-3-5-7-8-9-10-11-12-13-14-15-20-24-30-43(55)64-34-38(67-44(56)31-25-29-40(54)39(53)28-23-19-17-16-18-22-27-37(52)26-21-6-4-2)35-65-70(60,61)69-71(62,63)66-36-41-45(57)46(58)47(68-41)51-33-32-42(49)50-48(51)59/h6,10-11,16-19,21-23,27-28,32-33,37-41,45-47,52-54,57-58H,3-5,7-9,12-15,20,24-26,29-31,34-36H2,1-2H3,(H,60,61)(H,62,63)(H2,49,50,59)/b11-10-,18-16+,19-17-,21-6-,27-22+,28-23-/t37-,38+,39+,40+,41+,45+,46+,47+/m0/s1. The SMILES string of the molecule is CC/C=C\C[C@H](O)/C=C/C=C/C=C\C=C/[C@@H](O)[C@H](O)CCCC(=O)O[C@H](COC(=O)CCCCCCC/C=C\CCCCCC)COP(=O)(O)OP(=O)(O)OC[C@H]1O[C@@H](n2ccc(N)nc2=O)[C@H](O)[C@@H]1O. The van der Waals surface area contributed by atoms with Crippen molar-refractivity contribution in [3.63, 3.8) is 0 Å². The van der Waals surface area contributed by atoms with Gasteiger partial charge in [-0.1, -0.05) is 125 Å². The molecular weight excluding hydrogens is 968 g/mol. The summed E-state index contributed by atoms with van der Waals surface area (Å²) in [6.07, 6.45) is 23.5. The molecule has 2 heterocycles. The molecule has 1 aliphatic heterocycles. The number of nitrogens with two attached hydrogens (primary N) is 1. The number of carbonyl (C=O) groups is 2. The molecule has 23 heteroatoms. The van der Waals surface area contributed by atoms with Crippen molar-refractivity contribution in [2.45, 2.75) is 172 Å². The van der Waals surface area contributed by atoms with Crippen LogP contribution < -0.4 is 11.4 Å². The number of aromatic nitrogens is 2. The first-order valence-electron chi connectivity index (χ1n) is 24.3. The topological polar surface area (TPSA) is 326 Å². The predicted octanol–water partition coefficient (Wildman–Crippen LogP) is 6.24. The lowest BCUT2D eigenvalue weighted by molar-refractivity contribution is -0.161. The van der Waals surface area contributed by atoms with E-state index in [1.807, 2.05) is 19.1 Å². The Morgan fingerprint density at radius 2 is 1.41 bits per heavy atom. The minimum absolute atomic E-state index is 0.0238. The summed E-state index contributed by atoms with van der Waals surface area (Å²) in [5.74, 6) is -1.67. The first-order chi connectivity index (χ1) is 33.9. The molecule has 21 nitrogen and oxygen atoms in total. The van der Waals surface area contributed by atoms with E-state index in [1.165, 1.54) is 43.9 Å². The summed E-state index contributed by atoms with van der Waals surface area (Å²) < 4.78 is 56.4. The summed E-state index contributed by atoms with van der Waals surface area (Å²) in [7, 11) is -11.0. The van der Waals surface area contributed by atoms with E-state index in [2.05, 4.69) is 28.4 Å². The number of phosphoric acid groups is 2. The number of rotatable bonds is 38. The smallest absolute Gasteiger partial charge is 0.462 e. The van der Waals surface area contributed by atoms with E-state index in [4.69, 9.17) is 29.0 Å². The number of phosphoric ester groups is 2. The van der Waals surface area contributed by atoms with Crippen LogP contribution in [-0.4, -0.2) is 119 Å². The van der Waals surface area contributed by atoms with Crippen LogP contribution in [0.2, 0.25) is 0 Å². The zero-order valence-electron chi connectivity index (χ0n) is 40.8. The summed E-state index contributed by atoms with van der Waals surface area (Å²) in [4.78, 5) is 61.8. The quantitative estimate of drug-likeness (QED) is 0.0119. The monoisotopic (exact) mass is 1050 g/mol. The molecule has 1 aliphatic rings. The van der Waals surface area contributed by atoms with Crippen LogP contribution in [0.3, 0.4) is 0 Å². The van der Waals surface area contributed by atoms with E-state index in [0.29, 0.717) is 12.8 Å². The van der Waals surface area contributed by atoms with Crippen LogP contribution in [0.1, 0.15) is 129 Å². The van der Waals surface area contributed by atoms with Gasteiger partial charge in [-0.3, -0.25) is 23.2 Å². The lowest BCUT2D eigenvalue weighted by Gasteiger charge is -2.21. The molecule has 0 amide bonds. The van der Waals surface area contributed by atoms with Gasteiger partial charge in [0, 0.05) is 19.0 Å². The molecule has 10 atom stereocenters. The van der Waals surface area contributed by atoms with E-state index in [9.17, 15) is 58.8 Å². The molecule has 1 aromatic heterocycles. The van der Waals surface area contributed by atoms with E-state index >= 15 is 0 Å². The third kappa shape index (κ3) is 28.8. The van der Waals surface area contributed by atoms with Crippen molar-refractivity contribution in [3.8, 4) is 0 Å². The van der Waals surface area contributed by atoms with Crippen LogP contribution in [0.15, 0.2) is 90.0 Å². The highest BCUT2D eigenvalue weighted by atomic mass is 31.3. The highest BCUT2D eigenvalue weighted by Gasteiger charge is 2.46. The molecule has 2 unspecified atom stereocenters. The van der Waals surface area contributed by atoms with Crippen molar-refractivity contribution in [1.82, 2.24) is 9.55 Å². The average molecular weight is 1050 g/mol. The molecule has 402 valence electrons. The molecule has 0 aliphatic carbocycles. The van der Waals surface area contributed by atoms with Crippen LogP contribution in [0.5, 0.6) is 0 Å². The number of aliphatic hydroxyl groups excluding tert-OH is 5. The maximum absolute atomic E-state index is 12.9. The number of carbonyl (C=O) groups excluding carboxylic acids is 2. The maximum Gasteiger partial charge on any atom is 0.481 e. The van der Waals surface area contributed by atoms with Gasteiger partial charge < -0.3 is 55.3 Å². The van der Waals surface area contributed by atoms with E-state index in [1.54, 1.807) is 36.5 Å². The first-order valence-corrected chi connectivity index (χ1v) is 27.3. The van der Waals surface area contributed by atoms with Crippen molar-refractivity contribution in [3.05, 3.63) is 95.7 Å². The Bertz CT molecular complexity index is 2030. The summed E-state index contributed by atoms with van der Waals surface area (Å²) in [5.41, 5.74) is 4.54. The summed E-state index contributed by atoms with van der Waals surface area (Å²) in [6.45, 7) is 1.58. The lowest BCUT2D eigenvalue weighted by Crippen LogP contribution is -2.36. The molecule has 0 spiro atoms. The third-order valence-electron chi connectivity index (χ3n) is 10.6. The van der Waals surface area contributed by atoms with Gasteiger partial charge in [-0.25, -0.2) is 13.9 Å². The fourth-order valence-corrected chi connectivity index (χ4v) is 8.82. The molecule has 0 bridgehead atoms. The van der Waals surface area contributed by atoms with Gasteiger partial charge in [0.2, 0.25) is 0 Å². The lowest BCUT2D eigenvalue weighted by atomic mass is 10.1. The molecule has 0 saturated carbocycles. The highest BCUT2D eigenvalue weighted by Crippen LogP contribution is 2.60. The fraction of sp³-hybridized carbons (Fsp3) is 0.625. The van der Waals surface area contributed by atoms with Crippen LogP contribution in [0.4, 0.5) is 5.82 Å². The maximum atomic E-state index is 12.9. The number of nitrogens with zero attached hydrogens (tertiary/aromatic N) is 2. The summed E-state index contributed by atoms with van der Waals surface area (Å²) in [6, 6.07) is 1.22. The van der Waals surface area contributed by atoms with Crippen LogP contribution in [0.25, 0.3) is 0 Å². The molecule has 0 aromatic carbocycles. The highest BCUT2D eigenvalue weighted by molar-refractivity contribution is 7.61. The zero-order valence-corrected chi connectivity index (χ0v) is 42.6. The molecule has 1 saturated heterocycles. The Morgan fingerprint density at radius 3 is 2.08 bits per heavy atom. The average Bonchev–Trinajstić information content (AvgIpc) is 3.59. The van der Waals surface area contributed by atoms with E-state index in [0.717, 1.165) is 55.7 Å². The number of ether oxygens (including phenoxy) is 3. The van der Waals surface area contributed by atoms with Gasteiger partial charge >= 0.3 is 33.3 Å². The molecule has 71 heavy (non-hydrogen) atoms. The second kappa shape index (κ2) is 36.1. The predicted molar refractivity (Wildman–Crippen MR) is 265 cm³/mol. The molecule has 0 radical (unpaired) electrons. The molecule has 1 fully saturated rings. The van der Waals surface area contributed by atoms with Crippen molar-refractivity contribution in [1.29, 1.82) is 0 Å². The largest absolute Gasteiger partial charge is 0.481 e. The second-order valence-electron chi connectivity index (χ2n) is 16.8. The first kappa shape index (κ1) is 63.2. The van der Waals surface area contributed by atoms with Crippen LogP contribution in [-0.2, 0) is 46.3 Å². The Hall–Kier alpha value is -3.92. The van der Waals surface area contributed by atoms with Crippen molar-refractivity contribution in [2.75, 3.05) is 25.6 Å². The number of hydrogen-bond donors (Lipinski definition) is 8. The number of esters is 2. The van der Waals surface area contributed by atoms with E-state index < -0.39 is 102 Å². The van der Waals surface area contributed by atoms with Gasteiger partial charge in [0.25, 0.3) is 0 Å². The van der Waals surface area contributed by atoms with Crippen molar-refractivity contribution in [2.24, 2.45) is 0 Å². The number of anilines is 1. The van der Waals surface area contributed by atoms with Gasteiger partial charge in [-0.15, -0.1) is 0 Å².